The molecule has 0 radical (unpaired) electrons. The minimum Gasteiger partial charge on any atom is -0.497 e. The van der Waals surface area contributed by atoms with Crippen LogP contribution >= 0.6 is 0 Å². The molecule has 1 fully saturated rings. The number of carbonyl (C=O) groups excluding carboxylic acids is 1. The van der Waals surface area contributed by atoms with Gasteiger partial charge in [0.2, 0.25) is 5.91 Å². The zero-order chi connectivity index (χ0) is 19.1. The molecule has 6 heteroatoms. The van der Waals surface area contributed by atoms with Gasteiger partial charge in [0.25, 0.3) is 0 Å². The number of hydrogen-bond acceptors (Lipinski definition) is 5. The quantitative estimate of drug-likeness (QED) is 0.702. The van der Waals surface area contributed by atoms with Crippen molar-refractivity contribution < 1.29 is 14.1 Å². The van der Waals surface area contributed by atoms with Gasteiger partial charge >= 0.3 is 0 Å². The number of fused-ring (bicyclic) bond motifs is 4. The number of hydrogen-bond donors (Lipinski definition) is 0. The van der Waals surface area contributed by atoms with Crippen LogP contribution in [-0.4, -0.2) is 48.7 Å². The van der Waals surface area contributed by atoms with Crippen molar-refractivity contribution in [3.8, 4) is 5.75 Å². The Kier molecular flexibility index (Phi) is 4.19. The molecule has 1 atom stereocenters. The van der Waals surface area contributed by atoms with Crippen LogP contribution in [0, 0.1) is 0 Å². The Balaban J connectivity index is 1.34. The largest absolute Gasteiger partial charge is 0.497 e. The van der Waals surface area contributed by atoms with Crippen molar-refractivity contribution in [3.05, 3.63) is 53.7 Å². The standard InChI is InChI=1S/C22H23N3O3/c1-27-17-7-8-21-18(12-17)19(23-28-21)13-22(26)24-9-4-10-25-16(14-24)11-15-5-2-3-6-20(15)25/h2-3,5-8,12,16H,4,9-11,13-14H2,1H3. The Labute approximate surface area is 163 Å². The lowest BCUT2D eigenvalue weighted by Crippen LogP contribution is -2.42. The van der Waals surface area contributed by atoms with Gasteiger partial charge in [-0.3, -0.25) is 4.79 Å². The zero-order valence-electron chi connectivity index (χ0n) is 15.9. The second-order valence-corrected chi connectivity index (χ2v) is 7.54. The maximum absolute atomic E-state index is 13.1. The molecule has 3 aromatic rings. The first kappa shape index (κ1) is 17.1. The number of aromatic nitrogens is 1. The topological polar surface area (TPSA) is 58.8 Å². The molecule has 0 spiro atoms. The fraction of sp³-hybridized carbons (Fsp3) is 0.364. The summed E-state index contributed by atoms with van der Waals surface area (Å²) < 4.78 is 10.7. The van der Waals surface area contributed by atoms with Crippen molar-refractivity contribution in [2.24, 2.45) is 0 Å². The van der Waals surface area contributed by atoms with Gasteiger partial charge in [0.1, 0.15) is 11.4 Å². The van der Waals surface area contributed by atoms with Crippen LogP contribution in [0.2, 0.25) is 0 Å². The van der Waals surface area contributed by atoms with E-state index in [-0.39, 0.29) is 12.3 Å². The summed E-state index contributed by atoms with van der Waals surface area (Å²) in [6.45, 7) is 2.54. The number of nitrogens with zero attached hydrogens (tertiary/aromatic N) is 3. The van der Waals surface area contributed by atoms with Crippen LogP contribution in [0.3, 0.4) is 0 Å². The summed E-state index contributed by atoms with van der Waals surface area (Å²) in [4.78, 5) is 17.5. The third-order valence-corrected chi connectivity index (χ3v) is 5.88. The molecule has 2 aliphatic heterocycles. The SMILES string of the molecule is COc1ccc2onc(CC(=O)N3CCCN4c5ccccc5CC4C3)c2c1. The smallest absolute Gasteiger partial charge is 0.228 e. The van der Waals surface area contributed by atoms with E-state index >= 15 is 0 Å². The fourth-order valence-corrected chi connectivity index (χ4v) is 4.47. The van der Waals surface area contributed by atoms with Crippen LogP contribution in [0.15, 0.2) is 47.0 Å². The second-order valence-electron chi connectivity index (χ2n) is 7.54. The van der Waals surface area contributed by atoms with Crippen LogP contribution in [0.5, 0.6) is 5.75 Å². The molecule has 5 rings (SSSR count). The van der Waals surface area contributed by atoms with Crippen molar-refractivity contribution in [3.63, 3.8) is 0 Å². The highest BCUT2D eigenvalue weighted by atomic mass is 16.5. The van der Waals surface area contributed by atoms with Crippen molar-refractivity contribution in [1.29, 1.82) is 0 Å². The molecule has 1 saturated heterocycles. The van der Waals surface area contributed by atoms with Crippen LogP contribution in [0.1, 0.15) is 17.7 Å². The Morgan fingerprint density at radius 3 is 3.04 bits per heavy atom. The van der Waals surface area contributed by atoms with Gasteiger partial charge in [-0.2, -0.15) is 0 Å². The molecule has 6 nitrogen and oxygen atoms in total. The van der Waals surface area contributed by atoms with Crippen LogP contribution in [-0.2, 0) is 17.6 Å². The molecule has 1 unspecified atom stereocenters. The fourth-order valence-electron chi connectivity index (χ4n) is 4.47. The van der Waals surface area contributed by atoms with Crippen molar-refractivity contribution in [1.82, 2.24) is 10.1 Å². The van der Waals surface area contributed by atoms with Gasteiger partial charge in [0.05, 0.1) is 19.6 Å². The van der Waals surface area contributed by atoms with E-state index in [1.54, 1.807) is 7.11 Å². The van der Waals surface area contributed by atoms with Crippen LogP contribution < -0.4 is 9.64 Å². The molecule has 0 aliphatic carbocycles. The Bertz CT molecular complexity index is 1030. The maximum atomic E-state index is 13.1. The number of ether oxygens (including phenoxy) is 1. The Hall–Kier alpha value is -3.02. The number of anilines is 1. The molecule has 144 valence electrons. The first-order valence-corrected chi connectivity index (χ1v) is 9.77. The van der Waals surface area contributed by atoms with Gasteiger partial charge in [0, 0.05) is 30.7 Å². The number of carbonyl (C=O) groups is 1. The molecule has 2 aliphatic rings. The van der Waals surface area contributed by atoms with Crippen molar-refractivity contribution in [2.45, 2.75) is 25.3 Å². The molecule has 1 aromatic heterocycles. The molecule has 3 heterocycles. The number of para-hydroxylation sites is 1. The van der Waals surface area contributed by atoms with Crippen LogP contribution in [0.25, 0.3) is 11.0 Å². The lowest BCUT2D eigenvalue weighted by Gasteiger charge is -2.27. The number of amides is 1. The highest BCUT2D eigenvalue weighted by Crippen LogP contribution is 2.34. The third-order valence-electron chi connectivity index (χ3n) is 5.88. The Morgan fingerprint density at radius 2 is 2.14 bits per heavy atom. The molecule has 0 N–H and O–H groups in total. The van der Waals surface area contributed by atoms with E-state index in [0.29, 0.717) is 17.3 Å². The molecule has 0 saturated carbocycles. The predicted octanol–water partition coefficient (Wildman–Crippen LogP) is 3.04. The second kappa shape index (κ2) is 6.86. The maximum Gasteiger partial charge on any atom is 0.228 e. The number of methoxy groups -OCH3 is 1. The van der Waals surface area contributed by atoms with E-state index in [9.17, 15) is 4.79 Å². The first-order valence-electron chi connectivity index (χ1n) is 9.77. The lowest BCUT2D eigenvalue weighted by molar-refractivity contribution is -0.130. The minimum atomic E-state index is 0.107. The zero-order valence-corrected chi connectivity index (χ0v) is 15.9. The summed E-state index contributed by atoms with van der Waals surface area (Å²) >= 11 is 0. The summed E-state index contributed by atoms with van der Waals surface area (Å²) in [6.07, 6.45) is 2.23. The average Bonchev–Trinajstić information content (AvgIpc) is 3.20. The Morgan fingerprint density at radius 1 is 1.25 bits per heavy atom. The summed E-state index contributed by atoms with van der Waals surface area (Å²) in [6, 6.07) is 14.5. The van der Waals surface area contributed by atoms with Gasteiger partial charge in [0.15, 0.2) is 5.58 Å². The molecule has 2 aromatic carbocycles. The van der Waals surface area contributed by atoms with E-state index in [2.05, 4.69) is 34.3 Å². The van der Waals surface area contributed by atoms with Crippen molar-refractivity contribution in [2.75, 3.05) is 31.6 Å². The first-order chi connectivity index (χ1) is 13.7. The highest BCUT2D eigenvalue weighted by molar-refractivity contribution is 5.87. The predicted molar refractivity (Wildman–Crippen MR) is 107 cm³/mol. The van der Waals surface area contributed by atoms with Gasteiger partial charge in [-0.25, -0.2) is 0 Å². The van der Waals surface area contributed by atoms with Gasteiger partial charge < -0.3 is 19.1 Å². The van der Waals surface area contributed by atoms with Crippen molar-refractivity contribution >= 4 is 22.6 Å². The molecule has 1 amide bonds. The van der Waals surface area contributed by atoms with E-state index < -0.39 is 0 Å². The van der Waals surface area contributed by atoms with Crippen LogP contribution in [0.4, 0.5) is 5.69 Å². The molecule has 28 heavy (non-hydrogen) atoms. The minimum absolute atomic E-state index is 0.107. The van der Waals surface area contributed by atoms with Gasteiger partial charge in [-0.1, -0.05) is 23.4 Å². The third kappa shape index (κ3) is 2.89. The van der Waals surface area contributed by atoms with Gasteiger partial charge in [-0.15, -0.1) is 0 Å². The lowest BCUT2D eigenvalue weighted by atomic mass is 10.1. The number of benzene rings is 2. The summed E-state index contributed by atoms with van der Waals surface area (Å²) in [5.74, 6) is 0.842. The molecular formula is C22H23N3O3. The molecular weight excluding hydrogens is 354 g/mol. The molecule has 0 bridgehead atoms. The number of rotatable bonds is 3. The summed E-state index contributed by atoms with van der Waals surface area (Å²) in [5, 5.41) is 4.98. The van der Waals surface area contributed by atoms with E-state index in [1.807, 2.05) is 23.1 Å². The summed E-state index contributed by atoms with van der Waals surface area (Å²) in [7, 11) is 1.63. The van der Waals surface area contributed by atoms with E-state index in [0.717, 1.165) is 43.6 Å². The van der Waals surface area contributed by atoms with E-state index in [1.165, 1.54) is 11.3 Å². The summed E-state index contributed by atoms with van der Waals surface area (Å²) in [5.41, 5.74) is 4.07. The van der Waals surface area contributed by atoms with E-state index in [4.69, 9.17) is 9.26 Å². The highest BCUT2D eigenvalue weighted by Gasteiger charge is 2.33. The average molecular weight is 377 g/mol. The normalized spacial score (nSPS) is 18.7. The van der Waals surface area contributed by atoms with Gasteiger partial charge in [-0.05, 0) is 42.7 Å². The monoisotopic (exact) mass is 377 g/mol.